The molecule has 3 aromatic carbocycles. The van der Waals surface area contributed by atoms with Crippen LogP contribution in [0.2, 0.25) is 18.1 Å². The lowest BCUT2D eigenvalue weighted by Gasteiger charge is -2.28. The van der Waals surface area contributed by atoms with E-state index in [4.69, 9.17) is 0 Å². The summed E-state index contributed by atoms with van der Waals surface area (Å²) < 4.78 is 28.1. The Kier molecular flexibility index (Phi) is 7.34. The third kappa shape index (κ3) is 5.33. The van der Waals surface area contributed by atoms with Gasteiger partial charge in [-0.1, -0.05) is 92.8 Å². The SMILES string of the molecule is CCCCC[Si]1CCC(c2ccc(-c3cccc(F)c3-c3ccc(F)cc3)cc2)CC1. The molecule has 0 amide bonds. The van der Waals surface area contributed by atoms with Gasteiger partial charge in [0.05, 0.1) is 0 Å². The molecule has 1 aliphatic heterocycles. The molecule has 0 spiro atoms. The average molecular weight is 434 g/mol. The normalized spacial score (nSPS) is 15.3. The first-order chi connectivity index (χ1) is 15.2. The maximum absolute atomic E-state index is 14.7. The lowest BCUT2D eigenvalue weighted by atomic mass is 9.90. The minimum atomic E-state index is -0.312. The standard InChI is InChI=1S/C28H31F2Si/c1-2-3-4-18-31-19-16-22(17-20-31)21-8-10-23(11-9-21)26-6-5-7-27(30)28(26)24-12-14-25(29)15-13-24/h5-15,22H,2-4,16-20H2,1H3. The molecule has 0 nitrogen and oxygen atoms in total. The molecular weight excluding hydrogens is 402 g/mol. The molecule has 0 unspecified atom stereocenters. The van der Waals surface area contributed by atoms with Crippen LogP contribution in [0.4, 0.5) is 8.78 Å². The summed E-state index contributed by atoms with van der Waals surface area (Å²) in [6.07, 6.45) is 6.77. The van der Waals surface area contributed by atoms with Crippen molar-refractivity contribution < 1.29 is 8.78 Å². The molecule has 0 aromatic heterocycles. The van der Waals surface area contributed by atoms with Crippen molar-refractivity contribution in [2.24, 2.45) is 0 Å². The Labute approximate surface area is 186 Å². The number of halogens is 2. The van der Waals surface area contributed by atoms with Gasteiger partial charge >= 0.3 is 0 Å². The van der Waals surface area contributed by atoms with Gasteiger partial charge in [0.25, 0.3) is 0 Å². The highest BCUT2D eigenvalue weighted by Crippen LogP contribution is 2.38. The van der Waals surface area contributed by atoms with E-state index in [-0.39, 0.29) is 20.4 Å². The summed E-state index contributed by atoms with van der Waals surface area (Å²) in [5, 5.41) is 0. The van der Waals surface area contributed by atoms with Crippen LogP contribution >= 0.6 is 0 Å². The Balaban J connectivity index is 1.49. The van der Waals surface area contributed by atoms with E-state index in [1.165, 1.54) is 74.0 Å². The van der Waals surface area contributed by atoms with E-state index in [0.29, 0.717) is 17.0 Å². The summed E-state index contributed by atoms with van der Waals surface area (Å²) >= 11 is 0. The maximum atomic E-state index is 14.7. The van der Waals surface area contributed by atoms with E-state index in [1.54, 1.807) is 18.2 Å². The van der Waals surface area contributed by atoms with Crippen LogP contribution < -0.4 is 0 Å². The molecule has 0 N–H and O–H groups in total. The largest absolute Gasteiger partial charge is 0.207 e. The van der Waals surface area contributed by atoms with E-state index in [9.17, 15) is 8.78 Å². The smallest absolute Gasteiger partial charge is 0.131 e. The average Bonchev–Trinajstić information content (AvgIpc) is 2.80. The lowest BCUT2D eigenvalue weighted by molar-refractivity contribution is 0.603. The van der Waals surface area contributed by atoms with Gasteiger partial charge in [0.1, 0.15) is 11.6 Å². The Morgan fingerprint density at radius 1 is 0.806 bits per heavy atom. The topological polar surface area (TPSA) is 0 Å². The van der Waals surface area contributed by atoms with Crippen LogP contribution in [-0.2, 0) is 0 Å². The van der Waals surface area contributed by atoms with Crippen molar-refractivity contribution in [3.8, 4) is 22.3 Å². The van der Waals surface area contributed by atoms with Gasteiger partial charge in [-0.15, -0.1) is 0 Å². The van der Waals surface area contributed by atoms with E-state index in [0.717, 1.165) is 11.1 Å². The van der Waals surface area contributed by atoms with Crippen LogP contribution in [0.25, 0.3) is 22.3 Å². The summed E-state index contributed by atoms with van der Waals surface area (Å²) in [5.74, 6) is 0.0737. The van der Waals surface area contributed by atoms with Crippen LogP contribution in [0.5, 0.6) is 0 Å². The molecule has 0 aliphatic carbocycles. The molecule has 1 aliphatic rings. The van der Waals surface area contributed by atoms with Crippen LogP contribution in [0, 0.1) is 11.6 Å². The number of unbranched alkanes of at least 4 members (excludes halogenated alkanes) is 2. The van der Waals surface area contributed by atoms with Gasteiger partial charge in [-0.05, 0) is 59.2 Å². The lowest BCUT2D eigenvalue weighted by Crippen LogP contribution is -2.20. The number of benzene rings is 3. The second-order valence-electron chi connectivity index (χ2n) is 8.77. The highest BCUT2D eigenvalue weighted by atomic mass is 28.3. The number of hydrogen-bond donors (Lipinski definition) is 0. The molecule has 0 atom stereocenters. The van der Waals surface area contributed by atoms with Crippen molar-refractivity contribution in [2.75, 3.05) is 0 Å². The van der Waals surface area contributed by atoms with Gasteiger partial charge in [0, 0.05) is 14.4 Å². The van der Waals surface area contributed by atoms with Crippen molar-refractivity contribution in [1.29, 1.82) is 0 Å². The molecule has 4 rings (SSSR count). The van der Waals surface area contributed by atoms with E-state index in [2.05, 4.69) is 31.2 Å². The maximum Gasteiger partial charge on any atom is 0.131 e. The first-order valence-corrected chi connectivity index (χ1v) is 13.8. The quantitative estimate of drug-likeness (QED) is 0.258. The highest BCUT2D eigenvalue weighted by molar-refractivity contribution is 6.59. The molecule has 3 heteroatoms. The van der Waals surface area contributed by atoms with E-state index >= 15 is 0 Å². The zero-order valence-electron chi connectivity index (χ0n) is 18.3. The monoisotopic (exact) mass is 433 g/mol. The van der Waals surface area contributed by atoms with Gasteiger partial charge in [-0.3, -0.25) is 0 Å². The third-order valence-corrected chi connectivity index (χ3v) is 9.72. The van der Waals surface area contributed by atoms with Gasteiger partial charge < -0.3 is 0 Å². The van der Waals surface area contributed by atoms with Gasteiger partial charge in [0.15, 0.2) is 0 Å². The van der Waals surface area contributed by atoms with Crippen molar-refractivity contribution in [1.82, 2.24) is 0 Å². The van der Waals surface area contributed by atoms with E-state index < -0.39 is 0 Å². The van der Waals surface area contributed by atoms with Crippen molar-refractivity contribution in [3.05, 3.63) is 83.9 Å². The molecule has 0 saturated carbocycles. The summed E-state index contributed by atoms with van der Waals surface area (Å²) in [7, 11) is -0.123. The van der Waals surface area contributed by atoms with Crippen LogP contribution in [0.15, 0.2) is 66.7 Å². The molecule has 0 bridgehead atoms. The summed E-state index contributed by atoms with van der Waals surface area (Å²) in [4.78, 5) is 0. The second-order valence-corrected chi connectivity index (χ2v) is 11.8. The molecule has 161 valence electrons. The van der Waals surface area contributed by atoms with Gasteiger partial charge in [-0.25, -0.2) is 8.78 Å². The Bertz CT molecular complexity index is 971. The minimum Gasteiger partial charge on any atom is -0.207 e. The minimum absolute atomic E-state index is 0.123. The predicted octanol–water partition coefficient (Wildman–Crippen LogP) is 8.86. The summed E-state index contributed by atoms with van der Waals surface area (Å²) in [6, 6.07) is 24.3. The number of hydrogen-bond acceptors (Lipinski definition) is 0. The molecule has 1 fully saturated rings. The fraction of sp³-hybridized carbons (Fsp3) is 0.357. The van der Waals surface area contributed by atoms with Gasteiger partial charge in [-0.2, -0.15) is 0 Å². The third-order valence-electron chi connectivity index (χ3n) is 6.67. The Hall–Kier alpha value is -2.26. The fourth-order valence-corrected chi connectivity index (χ4v) is 7.86. The summed E-state index contributed by atoms with van der Waals surface area (Å²) in [6.45, 7) is 2.28. The Morgan fingerprint density at radius 2 is 1.48 bits per heavy atom. The van der Waals surface area contributed by atoms with Crippen LogP contribution in [0.1, 0.15) is 50.5 Å². The molecular formula is C28H31F2Si. The molecule has 1 radical (unpaired) electrons. The van der Waals surface area contributed by atoms with Crippen molar-refractivity contribution in [3.63, 3.8) is 0 Å². The zero-order chi connectivity index (χ0) is 21.6. The van der Waals surface area contributed by atoms with E-state index in [1.807, 2.05) is 6.07 Å². The Morgan fingerprint density at radius 3 is 2.16 bits per heavy atom. The predicted molar refractivity (Wildman–Crippen MR) is 129 cm³/mol. The summed E-state index contributed by atoms with van der Waals surface area (Å²) in [5.41, 5.74) is 4.50. The van der Waals surface area contributed by atoms with Crippen molar-refractivity contribution >= 4 is 8.80 Å². The van der Waals surface area contributed by atoms with Crippen LogP contribution in [0.3, 0.4) is 0 Å². The fourth-order valence-electron chi connectivity index (χ4n) is 4.84. The molecule has 3 aromatic rings. The number of rotatable bonds is 7. The molecule has 1 heterocycles. The molecule has 1 saturated heterocycles. The highest BCUT2D eigenvalue weighted by Gasteiger charge is 2.23. The van der Waals surface area contributed by atoms with Crippen molar-refractivity contribution in [2.45, 2.75) is 63.1 Å². The first-order valence-electron chi connectivity index (χ1n) is 11.6. The second kappa shape index (κ2) is 10.4. The zero-order valence-corrected chi connectivity index (χ0v) is 19.3. The molecule has 31 heavy (non-hydrogen) atoms. The van der Waals surface area contributed by atoms with Crippen LogP contribution in [-0.4, -0.2) is 8.80 Å². The first kappa shape index (κ1) is 21.9. The van der Waals surface area contributed by atoms with Gasteiger partial charge in [0.2, 0.25) is 0 Å².